The van der Waals surface area contributed by atoms with Crippen molar-refractivity contribution in [2.24, 2.45) is 5.92 Å². The third-order valence-electron chi connectivity index (χ3n) is 5.09. The molecule has 0 fully saturated rings. The molecule has 1 aliphatic heterocycles. The highest BCUT2D eigenvalue weighted by atomic mass is 16.1. The van der Waals surface area contributed by atoms with Crippen molar-refractivity contribution in [1.29, 1.82) is 0 Å². The van der Waals surface area contributed by atoms with Gasteiger partial charge in [0.15, 0.2) is 0 Å². The average molecular weight is 351 g/mol. The Bertz CT molecular complexity index is 752. The molecule has 2 aromatic rings. The van der Waals surface area contributed by atoms with E-state index in [1.165, 1.54) is 22.5 Å². The number of anilines is 2. The molecule has 1 atom stereocenters. The lowest BCUT2D eigenvalue weighted by Crippen LogP contribution is -2.38. The Balaban J connectivity index is 1.88. The van der Waals surface area contributed by atoms with Crippen LogP contribution in [0.2, 0.25) is 0 Å². The quantitative estimate of drug-likeness (QED) is 0.863. The molecule has 0 aromatic heterocycles. The smallest absolute Gasteiger partial charge is 0.222 e. The van der Waals surface area contributed by atoms with E-state index in [0.29, 0.717) is 6.54 Å². The van der Waals surface area contributed by atoms with Crippen LogP contribution in [0.25, 0.3) is 0 Å². The van der Waals surface area contributed by atoms with Gasteiger partial charge in [0.05, 0.1) is 6.04 Å². The monoisotopic (exact) mass is 351 g/mol. The summed E-state index contributed by atoms with van der Waals surface area (Å²) in [6, 6.07) is 17.4. The van der Waals surface area contributed by atoms with E-state index in [2.05, 4.69) is 63.6 Å². The first-order valence-electron chi connectivity index (χ1n) is 9.37. The maximum atomic E-state index is 12.1. The summed E-state index contributed by atoms with van der Waals surface area (Å²) in [5.41, 5.74) is 5.09. The number of benzene rings is 2. The number of amides is 1. The molecular weight excluding hydrogens is 322 g/mol. The van der Waals surface area contributed by atoms with E-state index in [1.807, 2.05) is 27.9 Å². The van der Waals surface area contributed by atoms with Crippen LogP contribution in [0, 0.1) is 5.92 Å². The first-order chi connectivity index (χ1) is 12.5. The summed E-state index contributed by atoms with van der Waals surface area (Å²) >= 11 is 0. The van der Waals surface area contributed by atoms with Crippen molar-refractivity contribution in [3.63, 3.8) is 0 Å². The van der Waals surface area contributed by atoms with E-state index >= 15 is 0 Å². The summed E-state index contributed by atoms with van der Waals surface area (Å²) in [6.45, 7) is 5.46. The minimum atomic E-state index is -0.00219. The van der Waals surface area contributed by atoms with Crippen molar-refractivity contribution in [2.45, 2.75) is 26.3 Å². The number of nitrogens with one attached hydrogen (secondary N) is 1. The van der Waals surface area contributed by atoms with Crippen LogP contribution in [0.5, 0.6) is 0 Å². The second-order valence-electron chi connectivity index (χ2n) is 7.47. The third kappa shape index (κ3) is 3.85. The summed E-state index contributed by atoms with van der Waals surface area (Å²) in [5, 5.41) is 3.13. The van der Waals surface area contributed by atoms with Gasteiger partial charge in [0.25, 0.3) is 0 Å². The zero-order valence-electron chi connectivity index (χ0n) is 16.2. The number of nitrogens with zero attached hydrogens (tertiary/aromatic N) is 2. The molecule has 2 aromatic carbocycles. The highest BCUT2D eigenvalue weighted by Crippen LogP contribution is 2.35. The first kappa shape index (κ1) is 18.3. The Morgan fingerprint density at radius 3 is 2.46 bits per heavy atom. The molecule has 4 heteroatoms. The third-order valence-corrected chi connectivity index (χ3v) is 5.09. The highest BCUT2D eigenvalue weighted by molar-refractivity contribution is 5.78. The van der Waals surface area contributed by atoms with Crippen molar-refractivity contribution >= 4 is 17.3 Å². The van der Waals surface area contributed by atoms with Gasteiger partial charge in [-0.3, -0.25) is 4.79 Å². The SMILES string of the molecule is CC(C)C(=O)NCC(c1ccc(N(C)C)cc1)N1CCc2ccccc21. The molecule has 1 unspecified atom stereocenters. The highest BCUT2D eigenvalue weighted by Gasteiger charge is 2.27. The van der Waals surface area contributed by atoms with Gasteiger partial charge in [-0.2, -0.15) is 0 Å². The molecule has 26 heavy (non-hydrogen) atoms. The summed E-state index contributed by atoms with van der Waals surface area (Å²) in [4.78, 5) is 16.7. The predicted molar refractivity (Wildman–Crippen MR) is 109 cm³/mol. The number of carbonyl (C=O) groups excluding carboxylic acids is 1. The maximum Gasteiger partial charge on any atom is 0.222 e. The maximum absolute atomic E-state index is 12.1. The lowest BCUT2D eigenvalue weighted by Gasteiger charge is -2.31. The lowest BCUT2D eigenvalue weighted by atomic mass is 10.0. The van der Waals surface area contributed by atoms with Gasteiger partial charge < -0.3 is 15.1 Å². The second-order valence-corrected chi connectivity index (χ2v) is 7.47. The van der Waals surface area contributed by atoms with Crippen molar-refractivity contribution < 1.29 is 4.79 Å². The van der Waals surface area contributed by atoms with Crippen molar-refractivity contribution in [1.82, 2.24) is 5.32 Å². The van der Waals surface area contributed by atoms with Crippen LogP contribution >= 0.6 is 0 Å². The number of hydrogen-bond donors (Lipinski definition) is 1. The topological polar surface area (TPSA) is 35.6 Å². The molecule has 1 heterocycles. The second kappa shape index (κ2) is 7.81. The van der Waals surface area contributed by atoms with Gasteiger partial charge in [0.1, 0.15) is 0 Å². The van der Waals surface area contributed by atoms with Gasteiger partial charge in [0, 0.05) is 44.5 Å². The van der Waals surface area contributed by atoms with Crippen LogP contribution in [0.4, 0.5) is 11.4 Å². The fourth-order valence-electron chi connectivity index (χ4n) is 3.49. The standard InChI is InChI=1S/C22H29N3O/c1-16(2)22(26)23-15-21(18-9-11-19(12-10-18)24(3)4)25-14-13-17-7-5-6-8-20(17)25/h5-12,16,21H,13-15H2,1-4H3,(H,23,26). The number of fused-ring (bicyclic) bond motifs is 1. The Hall–Kier alpha value is -2.49. The number of carbonyl (C=O) groups is 1. The molecule has 3 rings (SSSR count). The van der Waals surface area contributed by atoms with Gasteiger partial charge in [-0.1, -0.05) is 44.2 Å². The van der Waals surface area contributed by atoms with E-state index in [-0.39, 0.29) is 17.9 Å². The van der Waals surface area contributed by atoms with Crippen molar-refractivity contribution in [3.8, 4) is 0 Å². The summed E-state index contributed by atoms with van der Waals surface area (Å²) < 4.78 is 0. The zero-order chi connectivity index (χ0) is 18.7. The van der Waals surface area contributed by atoms with Gasteiger partial charge in [-0.05, 0) is 35.7 Å². The molecule has 0 bridgehead atoms. The van der Waals surface area contributed by atoms with Crippen molar-refractivity contribution in [3.05, 3.63) is 59.7 Å². The summed E-state index contributed by atoms with van der Waals surface area (Å²) in [6.07, 6.45) is 1.06. The van der Waals surface area contributed by atoms with Crippen LogP contribution in [-0.4, -0.2) is 33.1 Å². The fourth-order valence-corrected chi connectivity index (χ4v) is 3.49. The van der Waals surface area contributed by atoms with Crippen LogP contribution in [-0.2, 0) is 11.2 Å². The van der Waals surface area contributed by atoms with E-state index < -0.39 is 0 Å². The van der Waals surface area contributed by atoms with E-state index in [4.69, 9.17) is 0 Å². The number of para-hydroxylation sites is 1. The molecule has 0 saturated carbocycles. The lowest BCUT2D eigenvalue weighted by molar-refractivity contribution is -0.124. The number of hydrogen-bond acceptors (Lipinski definition) is 3. The van der Waals surface area contributed by atoms with E-state index in [1.54, 1.807) is 0 Å². The molecule has 138 valence electrons. The molecule has 0 aliphatic carbocycles. The molecule has 1 N–H and O–H groups in total. The van der Waals surface area contributed by atoms with Crippen LogP contribution in [0.15, 0.2) is 48.5 Å². The molecule has 4 nitrogen and oxygen atoms in total. The van der Waals surface area contributed by atoms with E-state index in [0.717, 1.165) is 13.0 Å². The van der Waals surface area contributed by atoms with Crippen LogP contribution < -0.4 is 15.1 Å². The summed E-state index contributed by atoms with van der Waals surface area (Å²) in [7, 11) is 4.10. The van der Waals surface area contributed by atoms with Crippen LogP contribution in [0.1, 0.15) is 31.0 Å². The Labute approximate surface area is 156 Å². The fraction of sp³-hybridized carbons (Fsp3) is 0.409. The minimum Gasteiger partial charge on any atom is -0.378 e. The Morgan fingerprint density at radius 1 is 1.12 bits per heavy atom. The minimum absolute atomic E-state index is 0.00219. The summed E-state index contributed by atoms with van der Waals surface area (Å²) in [5.74, 6) is 0.102. The molecule has 1 amide bonds. The Morgan fingerprint density at radius 2 is 1.81 bits per heavy atom. The normalized spacial score (nSPS) is 14.3. The first-order valence-corrected chi connectivity index (χ1v) is 9.37. The van der Waals surface area contributed by atoms with E-state index in [9.17, 15) is 4.79 Å². The van der Waals surface area contributed by atoms with Crippen molar-refractivity contribution in [2.75, 3.05) is 37.0 Å². The number of rotatable bonds is 6. The van der Waals surface area contributed by atoms with Crippen LogP contribution in [0.3, 0.4) is 0 Å². The Kier molecular flexibility index (Phi) is 5.50. The molecular formula is C22H29N3O. The molecule has 0 spiro atoms. The van der Waals surface area contributed by atoms with Gasteiger partial charge in [-0.15, -0.1) is 0 Å². The largest absolute Gasteiger partial charge is 0.378 e. The van der Waals surface area contributed by atoms with Gasteiger partial charge in [0.2, 0.25) is 5.91 Å². The average Bonchev–Trinajstić information content (AvgIpc) is 3.06. The zero-order valence-corrected chi connectivity index (χ0v) is 16.2. The predicted octanol–water partition coefficient (Wildman–Crippen LogP) is 3.63. The molecule has 1 aliphatic rings. The molecule has 0 saturated heterocycles. The van der Waals surface area contributed by atoms with Gasteiger partial charge >= 0.3 is 0 Å². The van der Waals surface area contributed by atoms with Gasteiger partial charge in [-0.25, -0.2) is 0 Å². The molecule has 0 radical (unpaired) electrons.